The molecule has 0 saturated carbocycles. The molecule has 166 valence electrons. The van der Waals surface area contributed by atoms with Crippen LogP contribution in [-0.2, 0) is 0 Å². The van der Waals surface area contributed by atoms with Gasteiger partial charge in [0, 0.05) is 0 Å². The summed E-state index contributed by atoms with van der Waals surface area (Å²) < 4.78 is 13.2. The second-order valence-electron chi connectivity index (χ2n) is 10.9. The molecular formula is C23H42O4Si2. The Hall–Kier alpha value is -1.28. The Bertz CT molecular complexity index is 735. The predicted octanol–water partition coefficient (Wildman–Crippen LogP) is 7.24. The molecule has 29 heavy (non-hydrogen) atoms. The molecule has 6 heteroatoms. The molecule has 0 unspecified atom stereocenters. The van der Waals surface area contributed by atoms with Gasteiger partial charge in [0.05, 0.1) is 5.56 Å². The molecule has 0 saturated heterocycles. The molecule has 4 nitrogen and oxygen atoms in total. The number of aromatic hydroxyl groups is 1. The standard InChI is InChI=1S/C23H42O4Si2/c1-16(2)22(5,6)28(9,10)26-19-14-13-18(15-24)20(25)21(19)27-29(11,12)23(7,8)17(3)4/h13-17,25H,1-12H3. The molecule has 0 spiro atoms. The highest BCUT2D eigenvalue weighted by atomic mass is 28.4. The first kappa shape index (κ1) is 25.8. The van der Waals surface area contributed by atoms with E-state index < -0.39 is 16.6 Å². The molecule has 0 aliphatic rings. The number of benzene rings is 1. The summed E-state index contributed by atoms with van der Waals surface area (Å²) >= 11 is 0. The van der Waals surface area contributed by atoms with Gasteiger partial charge in [-0.2, -0.15) is 0 Å². The molecule has 0 radical (unpaired) electrons. The van der Waals surface area contributed by atoms with E-state index in [-0.39, 0.29) is 21.4 Å². The topological polar surface area (TPSA) is 55.8 Å². The number of phenolic OH excluding ortho intramolecular Hbond substituents is 1. The fourth-order valence-electron chi connectivity index (χ4n) is 3.03. The monoisotopic (exact) mass is 438 g/mol. The van der Waals surface area contributed by atoms with E-state index in [1.54, 1.807) is 12.1 Å². The highest BCUT2D eigenvalue weighted by molar-refractivity contribution is 6.75. The second kappa shape index (κ2) is 8.46. The molecule has 1 N–H and O–H groups in total. The molecule has 0 heterocycles. The Balaban J connectivity index is 3.53. The maximum absolute atomic E-state index is 11.5. The quantitative estimate of drug-likeness (QED) is 0.326. The van der Waals surface area contributed by atoms with Gasteiger partial charge < -0.3 is 14.0 Å². The molecule has 0 fully saturated rings. The van der Waals surface area contributed by atoms with Crippen molar-refractivity contribution in [3.05, 3.63) is 17.7 Å². The molecule has 1 aromatic rings. The third-order valence-electron chi connectivity index (χ3n) is 7.97. The summed E-state index contributed by atoms with van der Waals surface area (Å²) in [5, 5.41) is 10.8. The lowest BCUT2D eigenvalue weighted by atomic mass is 9.99. The van der Waals surface area contributed by atoms with Crippen molar-refractivity contribution in [2.24, 2.45) is 11.8 Å². The maximum Gasteiger partial charge on any atom is 0.251 e. The smallest absolute Gasteiger partial charge is 0.251 e. The van der Waals surface area contributed by atoms with E-state index in [1.807, 2.05) is 0 Å². The zero-order chi connectivity index (χ0) is 23.0. The summed E-state index contributed by atoms with van der Waals surface area (Å²) in [4.78, 5) is 11.5. The number of carbonyl (C=O) groups is 1. The highest BCUT2D eigenvalue weighted by Gasteiger charge is 2.48. The van der Waals surface area contributed by atoms with Crippen molar-refractivity contribution in [2.45, 2.75) is 91.7 Å². The summed E-state index contributed by atoms with van der Waals surface area (Å²) in [5.74, 6) is 1.60. The molecule has 0 aliphatic heterocycles. The number of hydrogen-bond donors (Lipinski definition) is 1. The maximum atomic E-state index is 11.5. The minimum Gasteiger partial charge on any atom is -0.541 e. The van der Waals surface area contributed by atoms with Crippen LogP contribution in [0.5, 0.6) is 17.2 Å². The van der Waals surface area contributed by atoms with Crippen molar-refractivity contribution in [3.8, 4) is 17.2 Å². The lowest BCUT2D eigenvalue weighted by Gasteiger charge is -2.44. The Morgan fingerprint density at radius 3 is 1.66 bits per heavy atom. The van der Waals surface area contributed by atoms with Gasteiger partial charge in [-0.25, -0.2) is 0 Å². The number of aldehydes is 1. The molecular weight excluding hydrogens is 396 g/mol. The van der Waals surface area contributed by atoms with Gasteiger partial charge in [-0.1, -0.05) is 55.4 Å². The van der Waals surface area contributed by atoms with Crippen LogP contribution in [0, 0.1) is 11.8 Å². The lowest BCUT2D eigenvalue weighted by molar-refractivity contribution is 0.112. The van der Waals surface area contributed by atoms with Crippen LogP contribution in [0.1, 0.15) is 65.7 Å². The average Bonchev–Trinajstić information content (AvgIpc) is 2.57. The minimum absolute atomic E-state index is 0.00731. The summed E-state index contributed by atoms with van der Waals surface area (Å²) in [6, 6.07) is 3.39. The van der Waals surface area contributed by atoms with Crippen LogP contribution in [0.3, 0.4) is 0 Å². The zero-order valence-corrected chi connectivity index (χ0v) is 22.6. The first-order valence-electron chi connectivity index (χ1n) is 10.6. The van der Waals surface area contributed by atoms with Crippen LogP contribution < -0.4 is 8.85 Å². The van der Waals surface area contributed by atoms with Crippen LogP contribution in [0.25, 0.3) is 0 Å². The largest absolute Gasteiger partial charge is 0.541 e. The average molecular weight is 439 g/mol. The van der Waals surface area contributed by atoms with Crippen molar-refractivity contribution in [1.82, 2.24) is 0 Å². The Morgan fingerprint density at radius 1 is 0.862 bits per heavy atom. The van der Waals surface area contributed by atoms with E-state index in [0.717, 1.165) is 0 Å². The van der Waals surface area contributed by atoms with Crippen LogP contribution in [0.2, 0.25) is 36.3 Å². The van der Waals surface area contributed by atoms with Gasteiger partial charge in [-0.05, 0) is 60.2 Å². The van der Waals surface area contributed by atoms with Crippen LogP contribution in [0.15, 0.2) is 12.1 Å². The fourth-order valence-corrected chi connectivity index (χ4v) is 7.75. The van der Waals surface area contributed by atoms with Gasteiger partial charge in [-0.15, -0.1) is 0 Å². The molecule has 0 bridgehead atoms. The van der Waals surface area contributed by atoms with Gasteiger partial charge in [0.1, 0.15) is 5.75 Å². The summed E-state index contributed by atoms with van der Waals surface area (Å²) in [7, 11) is -4.54. The zero-order valence-electron chi connectivity index (χ0n) is 20.6. The van der Waals surface area contributed by atoms with E-state index in [1.165, 1.54) is 0 Å². The van der Waals surface area contributed by atoms with E-state index in [0.29, 0.717) is 29.6 Å². The van der Waals surface area contributed by atoms with E-state index in [2.05, 4.69) is 81.6 Å². The van der Waals surface area contributed by atoms with E-state index in [4.69, 9.17) is 8.85 Å². The van der Waals surface area contributed by atoms with E-state index in [9.17, 15) is 9.90 Å². The third kappa shape index (κ3) is 4.90. The van der Waals surface area contributed by atoms with Gasteiger partial charge in [-0.3, -0.25) is 4.79 Å². The van der Waals surface area contributed by atoms with Crippen LogP contribution >= 0.6 is 0 Å². The normalized spacial score (nSPS) is 13.7. The highest BCUT2D eigenvalue weighted by Crippen LogP contribution is 2.51. The SMILES string of the molecule is CC(C)C(C)(C)[Si](C)(C)Oc1ccc(C=O)c(O)c1O[Si](C)(C)C(C)(C)C(C)C. The van der Waals surface area contributed by atoms with Gasteiger partial charge in [0.2, 0.25) is 0 Å². The second-order valence-corrected chi connectivity index (χ2v) is 20.0. The van der Waals surface area contributed by atoms with Crippen molar-refractivity contribution in [3.63, 3.8) is 0 Å². The molecule has 0 aliphatic carbocycles. The Labute approximate surface area is 180 Å². The number of hydrogen-bond acceptors (Lipinski definition) is 4. The van der Waals surface area contributed by atoms with Crippen molar-refractivity contribution in [1.29, 1.82) is 0 Å². The molecule has 0 amide bonds. The first-order chi connectivity index (χ1) is 12.9. The van der Waals surface area contributed by atoms with Crippen LogP contribution in [0.4, 0.5) is 0 Å². The predicted molar refractivity (Wildman–Crippen MR) is 127 cm³/mol. The number of rotatable bonds is 9. The van der Waals surface area contributed by atoms with Gasteiger partial charge in [0.15, 0.2) is 17.8 Å². The Morgan fingerprint density at radius 2 is 1.28 bits per heavy atom. The fraction of sp³-hybridized carbons (Fsp3) is 0.696. The van der Waals surface area contributed by atoms with Crippen LogP contribution in [-0.4, -0.2) is 28.0 Å². The Kier molecular flexibility index (Phi) is 7.51. The number of carbonyl (C=O) groups excluding carboxylic acids is 1. The molecule has 1 rings (SSSR count). The molecule has 0 aromatic heterocycles. The molecule has 0 atom stereocenters. The van der Waals surface area contributed by atoms with Crippen molar-refractivity contribution >= 4 is 22.9 Å². The molecule has 1 aromatic carbocycles. The summed E-state index contributed by atoms with van der Waals surface area (Å²) in [6.07, 6.45) is 0.661. The first-order valence-corrected chi connectivity index (χ1v) is 16.4. The minimum atomic E-state index is -2.32. The van der Waals surface area contributed by atoms with Crippen molar-refractivity contribution in [2.75, 3.05) is 0 Å². The van der Waals surface area contributed by atoms with Gasteiger partial charge in [0.25, 0.3) is 16.6 Å². The lowest BCUT2D eigenvalue weighted by Crippen LogP contribution is -2.49. The number of phenols is 1. The van der Waals surface area contributed by atoms with Crippen molar-refractivity contribution < 1.29 is 18.8 Å². The van der Waals surface area contributed by atoms with E-state index >= 15 is 0 Å². The summed E-state index contributed by atoms with van der Waals surface area (Å²) in [5.41, 5.74) is 0.224. The van der Waals surface area contributed by atoms with Gasteiger partial charge >= 0.3 is 0 Å². The summed E-state index contributed by atoms with van der Waals surface area (Å²) in [6.45, 7) is 26.4. The third-order valence-corrected chi connectivity index (χ3v) is 16.8.